The Bertz CT molecular complexity index is 864. The Kier molecular flexibility index (Phi) is 14.0. The molecule has 1 aromatic heterocycles. The molecule has 0 bridgehead atoms. The highest BCUT2D eigenvalue weighted by Gasteiger charge is 2.22. The fourth-order valence-corrected chi connectivity index (χ4v) is 3.98. The maximum atomic E-state index is 12.0. The standard InChI is InChI=1S/C25H39N5O3.C3H8/c1-19-12-13-24(33)30(19)16-14-26-23(32)11-8-10-22-18-29(28-27-22)15-7-6-9-21(20(2)31)17-25(3,4)5;1-3-2/h12-13,18,21H,1,6-11,14-17H2,2-5H3,(H,26,32);3H2,1-2H3. The van der Waals surface area contributed by atoms with Crippen LogP contribution >= 0.6 is 0 Å². The molecule has 0 saturated carbocycles. The zero-order valence-electron chi connectivity index (χ0n) is 23.3. The van der Waals surface area contributed by atoms with Crippen LogP contribution in [0.3, 0.4) is 0 Å². The fraction of sp³-hybridized carbons (Fsp3) is 0.679. The van der Waals surface area contributed by atoms with E-state index in [1.54, 1.807) is 17.9 Å². The Morgan fingerprint density at radius 1 is 1.11 bits per heavy atom. The van der Waals surface area contributed by atoms with Crippen molar-refractivity contribution in [3.63, 3.8) is 0 Å². The minimum atomic E-state index is -0.0964. The minimum absolute atomic E-state index is 0.0390. The molecule has 0 spiro atoms. The van der Waals surface area contributed by atoms with E-state index in [-0.39, 0.29) is 28.9 Å². The molecule has 1 aliphatic heterocycles. The smallest absolute Gasteiger partial charge is 0.251 e. The molecule has 0 saturated heterocycles. The second-order valence-corrected chi connectivity index (χ2v) is 10.8. The number of rotatable bonds is 14. The summed E-state index contributed by atoms with van der Waals surface area (Å²) in [6, 6.07) is 0. The Morgan fingerprint density at radius 2 is 1.81 bits per heavy atom. The first-order chi connectivity index (χ1) is 17.0. The van der Waals surface area contributed by atoms with Gasteiger partial charge in [-0.1, -0.05) is 59.3 Å². The van der Waals surface area contributed by atoms with E-state index in [1.807, 2.05) is 10.9 Å². The summed E-state index contributed by atoms with van der Waals surface area (Å²) in [6.45, 7) is 17.9. The largest absolute Gasteiger partial charge is 0.354 e. The van der Waals surface area contributed by atoms with E-state index in [2.05, 4.69) is 56.8 Å². The molecule has 1 aromatic rings. The van der Waals surface area contributed by atoms with Crippen molar-refractivity contribution < 1.29 is 14.4 Å². The van der Waals surface area contributed by atoms with Gasteiger partial charge in [-0.3, -0.25) is 19.1 Å². The summed E-state index contributed by atoms with van der Waals surface area (Å²) in [6.07, 6.45) is 11.9. The van der Waals surface area contributed by atoms with Gasteiger partial charge >= 0.3 is 0 Å². The number of nitrogens with zero attached hydrogens (tertiary/aromatic N) is 4. The Hall–Kier alpha value is -2.77. The van der Waals surface area contributed by atoms with E-state index in [1.165, 1.54) is 12.5 Å². The molecule has 0 radical (unpaired) electrons. The van der Waals surface area contributed by atoms with E-state index >= 15 is 0 Å². The van der Waals surface area contributed by atoms with Gasteiger partial charge in [0.1, 0.15) is 5.78 Å². The molecular weight excluding hydrogens is 454 g/mol. The summed E-state index contributed by atoms with van der Waals surface area (Å²) in [7, 11) is 0. The predicted molar refractivity (Wildman–Crippen MR) is 144 cm³/mol. The van der Waals surface area contributed by atoms with Gasteiger partial charge in [-0.2, -0.15) is 0 Å². The molecule has 2 rings (SSSR count). The van der Waals surface area contributed by atoms with Crippen LogP contribution in [0.15, 0.2) is 30.6 Å². The van der Waals surface area contributed by atoms with Crippen LogP contribution in [0.4, 0.5) is 0 Å². The third kappa shape index (κ3) is 12.8. The molecule has 8 nitrogen and oxygen atoms in total. The minimum Gasteiger partial charge on any atom is -0.354 e. The van der Waals surface area contributed by atoms with E-state index < -0.39 is 0 Å². The van der Waals surface area contributed by atoms with Crippen LogP contribution in [0.5, 0.6) is 0 Å². The summed E-state index contributed by atoms with van der Waals surface area (Å²) in [4.78, 5) is 37.1. The number of carbonyl (C=O) groups excluding carboxylic acids is 3. The molecule has 1 unspecified atom stereocenters. The van der Waals surface area contributed by atoms with Crippen molar-refractivity contribution in [2.45, 2.75) is 99.5 Å². The highest BCUT2D eigenvalue weighted by molar-refractivity contribution is 5.93. The van der Waals surface area contributed by atoms with Crippen LogP contribution in [0.1, 0.15) is 92.2 Å². The van der Waals surface area contributed by atoms with Gasteiger partial charge in [0.05, 0.1) is 5.69 Å². The van der Waals surface area contributed by atoms with Crippen molar-refractivity contribution in [2.75, 3.05) is 13.1 Å². The predicted octanol–water partition coefficient (Wildman–Crippen LogP) is 4.86. The van der Waals surface area contributed by atoms with Crippen molar-refractivity contribution in [1.82, 2.24) is 25.2 Å². The summed E-state index contributed by atoms with van der Waals surface area (Å²) in [5.74, 6) is 0.279. The Morgan fingerprint density at radius 3 is 2.39 bits per heavy atom. The summed E-state index contributed by atoms with van der Waals surface area (Å²) >= 11 is 0. The molecule has 8 heteroatoms. The second kappa shape index (κ2) is 16.1. The summed E-state index contributed by atoms with van der Waals surface area (Å²) < 4.78 is 1.84. The molecule has 2 amide bonds. The number of allylic oxidation sites excluding steroid dienone is 1. The molecule has 202 valence electrons. The average molecular weight is 502 g/mol. The van der Waals surface area contributed by atoms with Gasteiger partial charge in [0, 0.05) is 49.9 Å². The van der Waals surface area contributed by atoms with E-state index in [0.29, 0.717) is 38.0 Å². The SMILES string of the molecule is C=C1C=CC(=O)N1CCNC(=O)CCCc1cn(CCCCC(CC(C)(C)C)C(C)=O)nn1.CCC. The Labute approximate surface area is 217 Å². The number of carbonyl (C=O) groups is 3. The van der Waals surface area contributed by atoms with Crippen molar-refractivity contribution in [3.05, 3.63) is 36.3 Å². The van der Waals surface area contributed by atoms with Crippen LogP contribution in [0.25, 0.3) is 0 Å². The van der Waals surface area contributed by atoms with Gasteiger partial charge in [0.25, 0.3) is 5.91 Å². The zero-order chi connectivity index (χ0) is 27.1. The van der Waals surface area contributed by atoms with E-state index in [4.69, 9.17) is 0 Å². The van der Waals surface area contributed by atoms with Crippen molar-refractivity contribution >= 4 is 17.6 Å². The number of ketones is 1. The highest BCUT2D eigenvalue weighted by atomic mass is 16.2. The number of hydrogen-bond donors (Lipinski definition) is 1. The highest BCUT2D eigenvalue weighted by Crippen LogP contribution is 2.28. The number of aromatic nitrogens is 3. The first-order valence-electron chi connectivity index (χ1n) is 13.3. The van der Waals surface area contributed by atoms with Crippen LogP contribution in [-0.4, -0.2) is 50.6 Å². The van der Waals surface area contributed by atoms with Crippen molar-refractivity contribution in [3.8, 4) is 0 Å². The zero-order valence-corrected chi connectivity index (χ0v) is 23.3. The van der Waals surface area contributed by atoms with Crippen LogP contribution in [0.2, 0.25) is 0 Å². The van der Waals surface area contributed by atoms with Gasteiger partial charge in [-0.15, -0.1) is 5.10 Å². The van der Waals surface area contributed by atoms with E-state index in [0.717, 1.165) is 37.9 Å². The third-order valence-corrected chi connectivity index (χ3v) is 5.73. The van der Waals surface area contributed by atoms with E-state index in [9.17, 15) is 14.4 Å². The van der Waals surface area contributed by atoms with Gasteiger partial charge < -0.3 is 10.2 Å². The summed E-state index contributed by atoms with van der Waals surface area (Å²) in [5, 5.41) is 11.2. The molecule has 1 N–H and O–H groups in total. The van der Waals surface area contributed by atoms with Crippen LogP contribution in [0, 0.1) is 11.3 Å². The van der Waals surface area contributed by atoms with Crippen molar-refractivity contribution in [2.24, 2.45) is 11.3 Å². The molecule has 36 heavy (non-hydrogen) atoms. The molecule has 1 aliphatic rings. The molecular formula is C28H47N5O3. The monoisotopic (exact) mass is 501 g/mol. The Balaban J connectivity index is 0.00000205. The lowest BCUT2D eigenvalue weighted by atomic mass is 9.81. The molecule has 0 aromatic carbocycles. The molecule has 0 fully saturated rings. The van der Waals surface area contributed by atoms with Crippen LogP contribution < -0.4 is 5.32 Å². The number of amides is 2. The summed E-state index contributed by atoms with van der Waals surface area (Å²) in [5.41, 5.74) is 1.69. The first-order valence-corrected chi connectivity index (χ1v) is 13.3. The fourth-order valence-electron chi connectivity index (χ4n) is 3.98. The third-order valence-electron chi connectivity index (χ3n) is 5.73. The number of unbranched alkanes of at least 4 members (excludes halogenated alkanes) is 1. The van der Waals surface area contributed by atoms with Crippen LogP contribution in [-0.2, 0) is 27.3 Å². The molecule has 2 heterocycles. The van der Waals surface area contributed by atoms with Gasteiger partial charge in [-0.25, -0.2) is 0 Å². The number of nitrogens with one attached hydrogen (secondary N) is 1. The quantitative estimate of drug-likeness (QED) is 0.367. The normalized spacial score (nSPS) is 14.0. The van der Waals surface area contributed by atoms with Gasteiger partial charge in [0.2, 0.25) is 5.91 Å². The molecule has 0 aliphatic carbocycles. The topological polar surface area (TPSA) is 97.2 Å². The maximum absolute atomic E-state index is 12.0. The number of hydrogen-bond acceptors (Lipinski definition) is 5. The molecule has 1 atom stereocenters. The lowest BCUT2D eigenvalue weighted by Gasteiger charge is -2.24. The number of aryl methyl sites for hydroxylation is 2. The van der Waals surface area contributed by atoms with Gasteiger partial charge in [0.15, 0.2) is 0 Å². The van der Waals surface area contributed by atoms with Gasteiger partial charge in [-0.05, 0) is 50.5 Å². The van der Waals surface area contributed by atoms with Crippen molar-refractivity contribution in [1.29, 1.82) is 0 Å². The maximum Gasteiger partial charge on any atom is 0.251 e. The second-order valence-electron chi connectivity index (χ2n) is 10.8. The lowest BCUT2D eigenvalue weighted by Crippen LogP contribution is -2.34. The lowest BCUT2D eigenvalue weighted by molar-refractivity contribution is -0.124. The average Bonchev–Trinajstić information content (AvgIpc) is 3.36. The first kappa shape index (κ1) is 31.3. The number of Topliss-reactive ketones (excluding diaryl/α,β-unsaturated/α-hetero) is 1.